The monoisotopic (exact) mass is 264 g/mol. The number of hydrogen-bond donors (Lipinski definition) is 1. The molecule has 0 aliphatic carbocycles. The number of para-hydroxylation sites is 1. The fourth-order valence-corrected chi connectivity index (χ4v) is 3.23. The van der Waals surface area contributed by atoms with E-state index < -0.39 is 0 Å². The predicted octanol–water partition coefficient (Wildman–Crippen LogP) is 3.12. The number of nitrogens with zero attached hydrogens (tertiary/aromatic N) is 1. The van der Waals surface area contributed by atoms with Gasteiger partial charge in [0.2, 0.25) is 0 Å². The van der Waals surface area contributed by atoms with Crippen molar-refractivity contribution in [3.63, 3.8) is 0 Å². The molecule has 0 atom stereocenters. The molecule has 3 aromatic rings. The molecular weight excluding hydrogens is 248 g/mol. The highest BCUT2D eigenvalue weighted by Gasteiger charge is 2.21. The molecule has 0 saturated heterocycles. The van der Waals surface area contributed by atoms with Gasteiger partial charge in [0.1, 0.15) is 0 Å². The first-order valence-electron chi connectivity index (χ1n) is 7.12. The van der Waals surface area contributed by atoms with Crippen molar-refractivity contribution in [1.29, 1.82) is 0 Å². The van der Waals surface area contributed by atoms with Gasteiger partial charge in [-0.1, -0.05) is 31.2 Å². The summed E-state index contributed by atoms with van der Waals surface area (Å²) in [5.41, 5.74) is 5.67. The van der Waals surface area contributed by atoms with Crippen molar-refractivity contribution < 1.29 is 0 Å². The molecule has 0 spiro atoms. The summed E-state index contributed by atoms with van der Waals surface area (Å²) in [5.74, 6) is 0. The van der Waals surface area contributed by atoms with E-state index in [0.717, 1.165) is 41.9 Å². The molecule has 0 radical (unpaired) electrons. The molecule has 2 aromatic heterocycles. The van der Waals surface area contributed by atoms with Crippen LogP contribution in [0.1, 0.15) is 18.1 Å². The van der Waals surface area contributed by atoms with Gasteiger partial charge in [-0.25, -0.2) is 0 Å². The summed E-state index contributed by atoms with van der Waals surface area (Å²) in [6.45, 7) is 2.80. The summed E-state index contributed by atoms with van der Waals surface area (Å²) in [5, 5.41) is 1.28. The molecule has 0 fully saturated rings. The molecule has 1 N–H and O–H groups in total. The van der Waals surface area contributed by atoms with Crippen molar-refractivity contribution >= 4 is 10.9 Å². The average molecular weight is 264 g/mol. The zero-order valence-corrected chi connectivity index (χ0v) is 11.4. The van der Waals surface area contributed by atoms with Crippen LogP contribution in [0.5, 0.6) is 0 Å². The molecule has 1 aliphatic rings. The molecule has 100 valence electrons. The van der Waals surface area contributed by atoms with E-state index in [1.807, 2.05) is 23.6 Å². The standard InChI is InChI=1S/C17H16N2O/c1-2-11-7-8-15-16-13(9-10-19(15)17(11)20)12-5-3-4-6-14(12)18-16/h3-8,18H,2,9-10H2,1H3. The highest BCUT2D eigenvalue weighted by molar-refractivity contribution is 5.90. The van der Waals surface area contributed by atoms with E-state index in [4.69, 9.17) is 0 Å². The van der Waals surface area contributed by atoms with Crippen LogP contribution >= 0.6 is 0 Å². The maximum atomic E-state index is 12.4. The first-order chi connectivity index (χ1) is 9.79. The van der Waals surface area contributed by atoms with Gasteiger partial charge in [-0.2, -0.15) is 0 Å². The van der Waals surface area contributed by atoms with Crippen LogP contribution in [-0.2, 0) is 19.4 Å². The van der Waals surface area contributed by atoms with E-state index in [1.165, 1.54) is 10.9 Å². The van der Waals surface area contributed by atoms with Crippen molar-refractivity contribution in [1.82, 2.24) is 9.55 Å². The van der Waals surface area contributed by atoms with Crippen LogP contribution < -0.4 is 5.56 Å². The average Bonchev–Trinajstić information content (AvgIpc) is 2.86. The van der Waals surface area contributed by atoms with Gasteiger partial charge < -0.3 is 9.55 Å². The normalized spacial score (nSPS) is 13.2. The number of fused-ring (bicyclic) bond motifs is 5. The van der Waals surface area contributed by atoms with Crippen LogP contribution in [0.3, 0.4) is 0 Å². The van der Waals surface area contributed by atoms with Crippen molar-refractivity contribution in [2.75, 3.05) is 0 Å². The quantitative estimate of drug-likeness (QED) is 0.720. The molecule has 1 aromatic carbocycles. The summed E-state index contributed by atoms with van der Waals surface area (Å²) in [4.78, 5) is 15.9. The van der Waals surface area contributed by atoms with E-state index in [1.54, 1.807) is 0 Å². The molecule has 4 rings (SSSR count). The predicted molar refractivity (Wildman–Crippen MR) is 81.1 cm³/mol. The highest BCUT2D eigenvalue weighted by atomic mass is 16.1. The Morgan fingerprint density at radius 3 is 2.90 bits per heavy atom. The van der Waals surface area contributed by atoms with Gasteiger partial charge in [0.05, 0.1) is 11.4 Å². The summed E-state index contributed by atoms with van der Waals surface area (Å²) in [7, 11) is 0. The molecular formula is C17H16N2O. The third-order valence-corrected chi connectivity index (χ3v) is 4.29. The molecule has 0 amide bonds. The van der Waals surface area contributed by atoms with Crippen molar-refractivity contribution in [3.05, 3.63) is 57.9 Å². The first kappa shape index (κ1) is 11.5. The molecule has 20 heavy (non-hydrogen) atoms. The molecule has 0 saturated carbocycles. The number of benzene rings is 1. The van der Waals surface area contributed by atoms with E-state index in [2.05, 4.69) is 29.2 Å². The molecule has 0 unspecified atom stereocenters. The SMILES string of the molecule is CCc1ccc2n(c1=O)CCc1c-2[nH]c2ccccc12. The van der Waals surface area contributed by atoms with Gasteiger partial charge in [0.15, 0.2) is 0 Å². The number of H-pyrrole nitrogens is 1. The zero-order chi connectivity index (χ0) is 13.7. The lowest BCUT2D eigenvalue weighted by Crippen LogP contribution is -2.28. The van der Waals surface area contributed by atoms with Crippen molar-refractivity contribution in [2.45, 2.75) is 26.3 Å². The van der Waals surface area contributed by atoms with Crippen molar-refractivity contribution in [2.24, 2.45) is 0 Å². The number of nitrogens with one attached hydrogen (secondary N) is 1. The molecule has 3 heteroatoms. The van der Waals surface area contributed by atoms with Gasteiger partial charge in [-0.05, 0) is 30.5 Å². The van der Waals surface area contributed by atoms with E-state index in [0.29, 0.717) is 0 Å². The largest absolute Gasteiger partial charge is 0.353 e. The Kier molecular flexibility index (Phi) is 2.36. The summed E-state index contributed by atoms with van der Waals surface area (Å²) >= 11 is 0. The Morgan fingerprint density at radius 1 is 1.20 bits per heavy atom. The number of pyridine rings is 1. The highest BCUT2D eigenvalue weighted by Crippen LogP contribution is 2.33. The minimum absolute atomic E-state index is 0.161. The lowest BCUT2D eigenvalue weighted by atomic mass is 10.0. The van der Waals surface area contributed by atoms with Crippen LogP contribution in [0.4, 0.5) is 0 Å². The maximum absolute atomic E-state index is 12.4. The summed E-state index contributed by atoms with van der Waals surface area (Å²) in [6.07, 6.45) is 1.71. The Labute approximate surface area is 116 Å². The Balaban J connectivity index is 2.05. The van der Waals surface area contributed by atoms with Gasteiger partial charge in [-0.3, -0.25) is 4.79 Å². The van der Waals surface area contributed by atoms with Crippen LogP contribution in [0.15, 0.2) is 41.2 Å². The Hall–Kier alpha value is -2.29. The fourth-order valence-electron chi connectivity index (χ4n) is 3.23. The second kappa shape index (κ2) is 4.10. The summed E-state index contributed by atoms with van der Waals surface area (Å²) in [6, 6.07) is 12.4. The number of rotatable bonds is 1. The second-order valence-corrected chi connectivity index (χ2v) is 5.33. The van der Waals surface area contributed by atoms with Crippen LogP contribution in [-0.4, -0.2) is 9.55 Å². The smallest absolute Gasteiger partial charge is 0.254 e. The molecule has 3 nitrogen and oxygen atoms in total. The third-order valence-electron chi connectivity index (χ3n) is 4.29. The van der Waals surface area contributed by atoms with Gasteiger partial charge in [-0.15, -0.1) is 0 Å². The van der Waals surface area contributed by atoms with E-state index >= 15 is 0 Å². The molecule has 0 bridgehead atoms. The number of aryl methyl sites for hydroxylation is 2. The second-order valence-electron chi connectivity index (χ2n) is 5.33. The maximum Gasteiger partial charge on any atom is 0.254 e. The van der Waals surface area contributed by atoms with Gasteiger partial charge in [0.25, 0.3) is 5.56 Å². The fraction of sp³-hybridized carbons (Fsp3) is 0.235. The first-order valence-corrected chi connectivity index (χ1v) is 7.12. The van der Waals surface area contributed by atoms with Gasteiger partial charge >= 0.3 is 0 Å². The van der Waals surface area contributed by atoms with Crippen LogP contribution in [0.2, 0.25) is 0 Å². The minimum Gasteiger partial charge on any atom is -0.353 e. The van der Waals surface area contributed by atoms with Crippen molar-refractivity contribution in [3.8, 4) is 11.4 Å². The lowest BCUT2D eigenvalue weighted by Gasteiger charge is -2.19. The molecule has 3 heterocycles. The lowest BCUT2D eigenvalue weighted by molar-refractivity contribution is 0.653. The van der Waals surface area contributed by atoms with E-state index in [-0.39, 0.29) is 5.56 Å². The zero-order valence-electron chi connectivity index (χ0n) is 11.4. The number of hydrogen-bond acceptors (Lipinski definition) is 1. The van der Waals surface area contributed by atoms with Gasteiger partial charge in [0, 0.05) is 23.0 Å². The number of aromatic amines is 1. The topological polar surface area (TPSA) is 37.8 Å². The molecule has 1 aliphatic heterocycles. The Morgan fingerprint density at radius 2 is 2.05 bits per heavy atom. The number of aromatic nitrogens is 2. The minimum atomic E-state index is 0.161. The van der Waals surface area contributed by atoms with Crippen LogP contribution in [0.25, 0.3) is 22.3 Å². The van der Waals surface area contributed by atoms with E-state index in [9.17, 15) is 4.79 Å². The third kappa shape index (κ3) is 1.43. The summed E-state index contributed by atoms with van der Waals surface area (Å²) < 4.78 is 1.91. The Bertz CT molecular complexity index is 870. The van der Waals surface area contributed by atoms with Crippen LogP contribution in [0, 0.1) is 0 Å².